The topological polar surface area (TPSA) is 29.5 Å². The van der Waals surface area contributed by atoms with Crippen molar-refractivity contribution in [3.05, 3.63) is 62.3 Å². The van der Waals surface area contributed by atoms with Crippen molar-refractivity contribution >= 4 is 34.8 Å². The van der Waals surface area contributed by atoms with Crippen molar-refractivity contribution in [3.63, 3.8) is 0 Å². The summed E-state index contributed by atoms with van der Waals surface area (Å²) in [5, 5.41) is 10.9. The molecule has 2 rings (SSSR count). The second-order valence-electron chi connectivity index (χ2n) is 4.05. The van der Waals surface area contributed by atoms with Gasteiger partial charge in [-0.15, -0.1) is 0 Å². The number of hydrogen-bond acceptors (Lipinski definition) is 2. The molecule has 0 aromatic heterocycles. The van der Waals surface area contributed by atoms with Crippen LogP contribution in [0.3, 0.4) is 0 Å². The average molecular weight is 336 g/mol. The zero-order chi connectivity index (χ0) is 14.9. The van der Waals surface area contributed by atoms with E-state index in [1.165, 1.54) is 37.4 Å². The summed E-state index contributed by atoms with van der Waals surface area (Å²) in [5.41, 5.74) is 0.210. The number of aliphatic hydroxyl groups is 1. The number of methoxy groups -OCH3 is 1. The predicted molar refractivity (Wildman–Crippen MR) is 78.5 cm³/mol. The zero-order valence-electron chi connectivity index (χ0n) is 10.3. The summed E-state index contributed by atoms with van der Waals surface area (Å²) in [5.74, 6) is -0.250. The van der Waals surface area contributed by atoms with E-state index in [1.807, 2.05) is 0 Å². The third kappa shape index (κ3) is 2.86. The van der Waals surface area contributed by atoms with Crippen molar-refractivity contribution in [3.8, 4) is 5.75 Å². The molecule has 2 nitrogen and oxygen atoms in total. The van der Waals surface area contributed by atoms with E-state index in [0.29, 0.717) is 5.75 Å². The van der Waals surface area contributed by atoms with Crippen molar-refractivity contribution in [2.45, 2.75) is 6.10 Å². The van der Waals surface area contributed by atoms with Crippen LogP contribution in [0.5, 0.6) is 5.75 Å². The van der Waals surface area contributed by atoms with Crippen molar-refractivity contribution in [1.82, 2.24) is 0 Å². The molecule has 0 heterocycles. The summed E-state index contributed by atoms with van der Waals surface area (Å²) < 4.78 is 18.8. The summed E-state index contributed by atoms with van der Waals surface area (Å²) in [6.45, 7) is 0. The lowest BCUT2D eigenvalue weighted by molar-refractivity contribution is 0.215. The van der Waals surface area contributed by atoms with E-state index in [2.05, 4.69) is 0 Å². The Labute approximate surface area is 130 Å². The molecule has 0 aliphatic carbocycles. The normalized spacial score (nSPS) is 12.3. The number of rotatable bonds is 3. The van der Waals surface area contributed by atoms with E-state index < -0.39 is 11.9 Å². The molecule has 0 spiro atoms. The first-order valence-corrected chi connectivity index (χ1v) is 6.74. The molecule has 6 heteroatoms. The highest BCUT2D eigenvalue weighted by Crippen LogP contribution is 2.38. The Morgan fingerprint density at radius 1 is 1.10 bits per heavy atom. The van der Waals surface area contributed by atoms with Crippen LogP contribution in [-0.4, -0.2) is 12.2 Å². The van der Waals surface area contributed by atoms with E-state index in [0.717, 1.165) is 0 Å². The van der Waals surface area contributed by atoms with Gasteiger partial charge in [0.2, 0.25) is 0 Å². The lowest BCUT2D eigenvalue weighted by atomic mass is 10.0. The molecule has 0 bridgehead atoms. The van der Waals surface area contributed by atoms with Crippen LogP contribution in [0.1, 0.15) is 17.2 Å². The van der Waals surface area contributed by atoms with Gasteiger partial charge < -0.3 is 9.84 Å². The summed E-state index contributed by atoms with van der Waals surface area (Å²) >= 11 is 18.0. The van der Waals surface area contributed by atoms with Crippen molar-refractivity contribution in [1.29, 1.82) is 0 Å². The maximum Gasteiger partial charge on any atom is 0.138 e. The predicted octanol–water partition coefficient (Wildman–Crippen LogP) is 4.88. The van der Waals surface area contributed by atoms with Crippen LogP contribution >= 0.6 is 34.8 Å². The maximum atomic E-state index is 13.8. The molecule has 2 aromatic carbocycles. The largest absolute Gasteiger partial charge is 0.495 e. The van der Waals surface area contributed by atoms with Crippen LogP contribution in [0.25, 0.3) is 0 Å². The van der Waals surface area contributed by atoms with Gasteiger partial charge in [0.05, 0.1) is 17.2 Å². The van der Waals surface area contributed by atoms with Gasteiger partial charge in [0.1, 0.15) is 17.7 Å². The Hall–Kier alpha value is -1.000. The van der Waals surface area contributed by atoms with Crippen LogP contribution in [0.15, 0.2) is 30.3 Å². The Morgan fingerprint density at radius 3 is 2.40 bits per heavy atom. The summed E-state index contributed by atoms with van der Waals surface area (Å²) in [6.07, 6.45) is -1.32. The summed E-state index contributed by atoms with van der Waals surface area (Å²) in [4.78, 5) is 0. The van der Waals surface area contributed by atoms with E-state index >= 15 is 0 Å². The Balaban J connectivity index is 2.54. The lowest BCUT2D eigenvalue weighted by Crippen LogP contribution is -2.05. The fraction of sp³-hybridized carbons (Fsp3) is 0.143. The fourth-order valence-corrected chi connectivity index (χ4v) is 2.61. The van der Waals surface area contributed by atoms with E-state index in [4.69, 9.17) is 39.5 Å². The molecule has 0 aliphatic heterocycles. The second-order valence-corrected chi connectivity index (χ2v) is 5.27. The molecule has 20 heavy (non-hydrogen) atoms. The first-order valence-electron chi connectivity index (χ1n) is 5.60. The fourth-order valence-electron chi connectivity index (χ4n) is 1.84. The number of benzene rings is 2. The quantitative estimate of drug-likeness (QED) is 0.866. The van der Waals surface area contributed by atoms with Crippen LogP contribution < -0.4 is 4.74 Å². The Morgan fingerprint density at radius 2 is 1.80 bits per heavy atom. The highest BCUT2D eigenvalue weighted by atomic mass is 35.5. The van der Waals surface area contributed by atoms with Gasteiger partial charge in [-0.25, -0.2) is 4.39 Å². The van der Waals surface area contributed by atoms with E-state index in [9.17, 15) is 9.50 Å². The minimum atomic E-state index is -1.32. The van der Waals surface area contributed by atoms with E-state index in [-0.39, 0.29) is 26.2 Å². The van der Waals surface area contributed by atoms with Crippen LogP contribution in [0.2, 0.25) is 15.1 Å². The van der Waals surface area contributed by atoms with Gasteiger partial charge in [0.15, 0.2) is 0 Å². The molecule has 0 fully saturated rings. The van der Waals surface area contributed by atoms with Gasteiger partial charge in [-0.3, -0.25) is 0 Å². The molecule has 1 atom stereocenters. The first kappa shape index (κ1) is 15.4. The van der Waals surface area contributed by atoms with Crippen LogP contribution in [-0.2, 0) is 0 Å². The number of halogens is 4. The highest BCUT2D eigenvalue weighted by Gasteiger charge is 2.22. The van der Waals surface area contributed by atoms with Crippen LogP contribution in [0.4, 0.5) is 4.39 Å². The standard InChI is InChI=1S/C14H10Cl3FO2/c1-20-12-6-9(16)7(5-10(12)17)14(19)13-8(15)3-2-4-11(13)18/h2-6,14,19H,1H3. The molecule has 0 aliphatic rings. The highest BCUT2D eigenvalue weighted by molar-refractivity contribution is 6.35. The van der Waals surface area contributed by atoms with Gasteiger partial charge in [-0.05, 0) is 18.2 Å². The van der Waals surface area contributed by atoms with Gasteiger partial charge >= 0.3 is 0 Å². The second kappa shape index (κ2) is 6.19. The number of ether oxygens (including phenoxy) is 1. The van der Waals surface area contributed by atoms with E-state index in [1.54, 1.807) is 0 Å². The molecule has 1 N–H and O–H groups in total. The number of aliphatic hydroxyl groups excluding tert-OH is 1. The molecular weight excluding hydrogens is 326 g/mol. The van der Waals surface area contributed by atoms with Gasteiger partial charge in [-0.1, -0.05) is 40.9 Å². The van der Waals surface area contributed by atoms with Crippen LogP contribution in [0, 0.1) is 5.82 Å². The average Bonchev–Trinajstić information content (AvgIpc) is 2.40. The third-order valence-corrected chi connectivity index (χ3v) is 3.79. The molecule has 1 unspecified atom stereocenters. The third-order valence-electron chi connectivity index (χ3n) is 2.84. The molecule has 0 radical (unpaired) electrons. The minimum Gasteiger partial charge on any atom is -0.495 e. The monoisotopic (exact) mass is 334 g/mol. The molecule has 0 saturated heterocycles. The molecule has 0 amide bonds. The maximum absolute atomic E-state index is 13.8. The molecule has 0 saturated carbocycles. The lowest BCUT2D eigenvalue weighted by Gasteiger charge is -2.17. The smallest absolute Gasteiger partial charge is 0.138 e. The van der Waals surface area contributed by atoms with Gasteiger partial charge in [0, 0.05) is 22.2 Å². The SMILES string of the molecule is COc1cc(Cl)c(C(O)c2c(F)cccc2Cl)cc1Cl. The van der Waals surface area contributed by atoms with Crippen molar-refractivity contribution in [2.24, 2.45) is 0 Å². The van der Waals surface area contributed by atoms with Crippen molar-refractivity contribution in [2.75, 3.05) is 7.11 Å². The Kier molecular flexibility index (Phi) is 4.76. The molecule has 106 valence electrons. The van der Waals surface area contributed by atoms with Gasteiger partial charge in [-0.2, -0.15) is 0 Å². The number of hydrogen-bond donors (Lipinski definition) is 1. The Bertz CT molecular complexity index is 626. The summed E-state index contributed by atoms with van der Waals surface area (Å²) in [6, 6.07) is 7.04. The molecule has 2 aromatic rings. The first-order chi connectivity index (χ1) is 9.45. The van der Waals surface area contributed by atoms with Gasteiger partial charge in [0.25, 0.3) is 0 Å². The molecular formula is C14H10Cl3FO2. The zero-order valence-corrected chi connectivity index (χ0v) is 12.6. The minimum absolute atomic E-state index is 0.0442. The summed E-state index contributed by atoms with van der Waals surface area (Å²) in [7, 11) is 1.45. The van der Waals surface area contributed by atoms with Crippen molar-refractivity contribution < 1.29 is 14.2 Å².